The van der Waals surface area contributed by atoms with E-state index in [1.807, 2.05) is 12.3 Å². The molecule has 0 bridgehead atoms. The molecule has 1 amide bonds. The Kier molecular flexibility index (Phi) is 3.28. The zero-order chi connectivity index (χ0) is 12.4. The molecule has 17 heavy (non-hydrogen) atoms. The van der Waals surface area contributed by atoms with Gasteiger partial charge in [0, 0.05) is 12.2 Å². The number of amides is 1. The Morgan fingerprint density at radius 1 is 1.53 bits per heavy atom. The van der Waals surface area contributed by atoms with Gasteiger partial charge in [0.2, 0.25) is 0 Å². The summed E-state index contributed by atoms with van der Waals surface area (Å²) in [6.07, 6.45) is 3.78. The van der Waals surface area contributed by atoms with Gasteiger partial charge in [-0.3, -0.25) is 15.0 Å². The molecule has 3 N–H and O–H groups in total. The van der Waals surface area contributed by atoms with Crippen LogP contribution in [0.15, 0.2) is 10.9 Å². The first-order chi connectivity index (χ1) is 8.19. The Morgan fingerprint density at radius 2 is 2.29 bits per heavy atom. The van der Waals surface area contributed by atoms with Crippen molar-refractivity contribution in [2.24, 2.45) is 5.84 Å². The average Bonchev–Trinajstić information content (AvgIpc) is 2.79. The monoisotopic (exact) mass is 235 g/mol. The topological polar surface area (TPSA) is 77.1 Å². The molecule has 1 heterocycles. The number of nitrogens with two attached hydrogens (primary N) is 1. The molecule has 0 aromatic carbocycles. The van der Waals surface area contributed by atoms with E-state index in [2.05, 4.69) is 0 Å². The third-order valence-electron chi connectivity index (χ3n) is 3.17. The second-order valence-electron chi connectivity index (χ2n) is 4.31. The number of carbonyl (C=O) groups is 1. The molecule has 92 valence electrons. The number of fused-ring (bicyclic) bond motifs is 1. The van der Waals surface area contributed by atoms with Crippen LogP contribution in [0.25, 0.3) is 0 Å². The second kappa shape index (κ2) is 4.71. The van der Waals surface area contributed by atoms with Crippen molar-refractivity contribution in [1.29, 1.82) is 0 Å². The molecule has 0 spiro atoms. The van der Waals surface area contributed by atoms with Gasteiger partial charge in [0.05, 0.1) is 0 Å². The molecular weight excluding hydrogens is 218 g/mol. The first-order valence-corrected chi connectivity index (χ1v) is 5.95. The maximum Gasteiger partial charge on any atom is 0.270 e. The van der Waals surface area contributed by atoms with Crippen LogP contribution in [-0.4, -0.2) is 10.5 Å². The van der Waals surface area contributed by atoms with Gasteiger partial charge in [-0.25, -0.2) is 5.84 Å². The number of hydrogen-bond acceptors (Lipinski definition) is 3. The van der Waals surface area contributed by atoms with Crippen molar-refractivity contribution in [3.63, 3.8) is 0 Å². The Bertz CT molecular complexity index is 505. The van der Waals surface area contributed by atoms with Crippen LogP contribution in [0.3, 0.4) is 0 Å². The third kappa shape index (κ3) is 1.98. The normalized spacial score (nSPS) is 13.5. The standard InChI is InChI=1S/C12H17N3O2/c1-2-6-15-10-5-3-4-8(10)7-9(12(15)17)11(16)14-13/h7H,2-6,13H2,1H3,(H,14,16). The van der Waals surface area contributed by atoms with Gasteiger partial charge < -0.3 is 4.57 Å². The molecule has 1 aromatic heterocycles. The van der Waals surface area contributed by atoms with Crippen molar-refractivity contribution in [1.82, 2.24) is 9.99 Å². The Hall–Kier alpha value is -1.62. The van der Waals surface area contributed by atoms with Gasteiger partial charge in [0.25, 0.3) is 11.5 Å². The summed E-state index contributed by atoms with van der Waals surface area (Å²) in [6.45, 7) is 2.68. The number of aryl methyl sites for hydroxylation is 1. The Labute approximate surface area is 99.6 Å². The predicted molar refractivity (Wildman–Crippen MR) is 64.7 cm³/mol. The summed E-state index contributed by atoms with van der Waals surface area (Å²) in [5.41, 5.74) is 4.15. The number of pyridine rings is 1. The lowest BCUT2D eigenvalue weighted by atomic mass is 10.1. The maximum absolute atomic E-state index is 12.2. The number of aromatic nitrogens is 1. The highest BCUT2D eigenvalue weighted by Gasteiger charge is 2.21. The van der Waals surface area contributed by atoms with Crippen LogP contribution in [0.4, 0.5) is 0 Å². The van der Waals surface area contributed by atoms with E-state index in [1.54, 1.807) is 10.6 Å². The molecule has 1 aromatic rings. The zero-order valence-electron chi connectivity index (χ0n) is 9.95. The number of nitrogens with zero attached hydrogens (tertiary/aromatic N) is 1. The van der Waals surface area contributed by atoms with Gasteiger partial charge in [-0.1, -0.05) is 6.92 Å². The van der Waals surface area contributed by atoms with Crippen molar-refractivity contribution >= 4 is 5.91 Å². The van der Waals surface area contributed by atoms with Crippen molar-refractivity contribution in [3.05, 3.63) is 33.2 Å². The number of hydrazine groups is 1. The van der Waals surface area contributed by atoms with Gasteiger partial charge in [-0.2, -0.15) is 0 Å². The zero-order valence-corrected chi connectivity index (χ0v) is 9.95. The van der Waals surface area contributed by atoms with Crippen LogP contribution >= 0.6 is 0 Å². The molecular formula is C12H17N3O2. The molecule has 5 nitrogen and oxygen atoms in total. The van der Waals surface area contributed by atoms with Crippen molar-refractivity contribution < 1.29 is 4.79 Å². The van der Waals surface area contributed by atoms with Crippen LogP contribution in [0.1, 0.15) is 41.4 Å². The van der Waals surface area contributed by atoms with Crippen molar-refractivity contribution in [3.8, 4) is 0 Å². The maximum atomic E-state index is 12.2. The lowest BCUT2D eigenvalue weighted by molar-refractivity contribution is 0.0951. The van der Waals surface area contributed by atoms with E-state index in [1.165, 1.54) is 0 Å². The summed E-state index contributed by atoms with van der Waals surface area (Å²) in [4.78, 5) is 23.7. The highest BCUT2D eigenvalue weighted by Crippen LogP contribution is 2.21. The molecule has 0 fully saturated rings. The van der Waals surface area contributed by atoms with Crippen molar-refractivity contribution in [2.75, 3.05) is 0 Å². The minimum atomic E-state index is -0.505. The van der Waals surface area contributed by atoms with E-state index in [-0.39, 0.29) is 11.1 Å². The largest absolute Gasteiger partial charge is 0.312 e. The minimum absolute atomic E-state index is 0.154. The molecule has 1 aliphatic carbocycles. The van der Waals surface area contributed by atoms with Gasteiger partial charge in [-0.05, 0) is 37.3 Å². The Morgan fingerprint density at radius 3 is 2.94 bits per heavy atom. The van der Waals surface area contributed by atoms with E-state index in [0.29, 0.717) is 6.54 Å². The number of nitrogens with one attached hydrogen (secondary N) is 1. The summed E-state index contributed by atoms with van der Waals surface area (Å²) in [6, 6.07) is 1.69. The summed E-state index contributed by atoms with van der Waals surface area (Å²) < 4.78 is 1.73. The lowest BCUT2D eigenvalue weighted by Gasteiger charge is -2.13. The van der Waals surface area contributed by atoms with Gasteiger partial charge in [0.15, 0.2) is 0 Å². The van der Waals surface area contributed by atoms with Gasteiger partial charge in [-0.15, -0.1) is 0 Å². The molecule has 0 saturated heterocycles. The minimum Gasteiger partial charge on any atom is -0.312 e. The van der Waals surface area contributed by atoms with E-state index >= 15 is 0 Å². The van der Waals surface area contributed by atoms with E-state index < -0.39 is 5.91 Å². The smallest absolute Gasteiger partial charge is 0.270 e. The third-order valence-corrected chi connectivity index (χ3v) is 3.17. The number of nitrogen functional groups attached to an aromatic ring is 1. The SMILES string of the molecule is CCCn1c2c(cc(C(=O)NN)c1=O)CCC2. The quantitative estimate of drug-likeness (QED) is 0.451. The molecule has 2 rings (SSSR count). The fourth-order valence-corrected chi connectivity index (χ4v) is 2.42. The number of carbonyl (C=O) groups excluding carboxylic acids is 1. The summed E-state index contributed by atoms with van der Waals surface area (Å²) in [7, 11) is 0. The first kappa shape index (κ1) is 11.9. The highest BCUT2D eigenvalue weighted by atomic mass is 16.2. The number of hydrogen-bond donors (Lipinski definition) is 2. The van der Waals surface area contributed by atoms with Gasteiger partial charge >= 0.3 is 0 Å². The molecule has 0 atom stereocenters. The second-order valence-corrected chi connectivity index (χ2v) is 4.31. The molecule has 0 unspecified atom stereocenters. The number of rotatable bonds is 3. The van der Waals surface area contributed by atoms with Crippen LogP contribution in [0, 0.1) is 0 Å². The average molecular weight is 235 g/mol. The summed E-state index contributed by atoms with van der Waals surface area (Å²) in [5, 5.41) is 0. The molecule has 0 saturated carbocycles. The first-order valence-electron chi connectivity index (χ1n) is 5.95. The fourth-order valence-electron chi connectivity index (χ4n) is 2.42. The van der Waals surface area contributed by atoms with E-state index in [4.69, 9.17) is 5.84 Å². The fraction of sp³-hybridized carbons (Fsp3) is 0.500. The molecule has 5 heteroatoms. The molecule has 0 radical (unpaired) electrons. The summed E-state index contributed by atoms with van der Waals surface area (Å²) in [5.74, 6) is 4.59. The van der Waals surface area contributed by atoms with Gasteiger partial charge in [0.1, 0.15) is 5.56 Å². The van der Waals surface area contributed by atoms with E-state index in [0.717, 1.165) is 36.9 Å². The van der Waals surface area contributed by atoms with Crippen molar-refractivity contribution in [2.45, 2.75) is 39.2 Å². The highest BCUT2D eigenvalue weighted by molar-refractivity contribution is 5.93. The summed E-state index contributed by atoms with van der Waals surface area (Å²) >= 11 is 0. The molecule has 0 aliphatic heterocycles. The van der Waals surface area contributed by atoms with E-state index in [9.17, 15) is 9.59 Å². The van der Waals surface area contributed by atoms with Crippen LogP contribution < -0.4 is 16.8 Å². The van der Waals surface area contributed by atoms with Crippen LogP contribution in [0.2, 0.25) is 0 Å². The predicted octanol–water partition coefficient (Wildman–Crippen LogP) is 0.350. The van der Waals surface area contributed by atoms with Crippen LogP contribution in [0.5, 0.6) is 0 Å². The van der Waals surface area contributed by atoms with Crippen LogP contribution in [-0.2, 0) is 19.4 Å². The molecule has 1 aliphatic rings. The lowest BCUT2D eigenvalue weighted by Crippen LogP contribution is -2.37. The Balaban J connectivity index is 2.60.